The van der Waals surface area contributed by atoms with Gasteiger partial charge in [0.25, 0.3) is 0 Å². The molecule has 3 aliphatic heterocycles. The number of fused-ring (bicyclic) bond motifs is 1. The molecule has 11 nitrogen and oxygen atoms in total. The van der Waals surface area contributed by atoms with Gasteiger partial charge >= 0.3 is 0 Å². The van der Waals surface area contributed by atoms with Crippen LogP contribution >= 0.6 is 11.6 Å². The normalized spacial score (nSPS) is 23.0. The van der Waals surface area contributed by atoms with Crippen molar-refractivity contribution in [2.45, 2.75) is 62.9 Å². The topological polar surface area (TPSA) is 143 Å². The number of rotatable bonds is 13. The third kappa shape index (κ3) is 8.15. The van der Waals surface area contributed by atoms with Crippen molar-refractivity contribution in [3.8, 4) is 5.75 Å². The van der Waals surface area contributed by atoms with E-state index in [-0.39, 0.29) is 30.8 Å². The molecule has 0 spiro atoms. The predicted molar refractivity (Wildman–Crippen MR) is 162 cm³/mol. The highest BCUT2D eigenvalue weighted by molar-refractivity contribution is 6.30. The third-order valence-corrected chi connectivity index (χ3v) is 9.50. The molecule has 3 saturated heterocycles. The van der Waals surface area contributed by atoms with Gasteiger partial charge in [-0.2, -0.15) is 0 Å². The van der Waals surface area contributed by atoms with E-state index in [4.69, 9.17) is 21.4 Å². The van der Waals surface area contributed by atoms with Gasteiger partial charge in [0.1, 0.15) is 23.8 Å². The number of halogens is 2. The van der Waals surface area contributed by atoms with Gasteiger partial charge in [0.05, 0.1) is 43.2 Å². The number of aliphatic hydroxyl groups is 4. The molecule has 1 aromatic heterocycles. The Morgan fingerprint density at radius 3 is 2.52 bits per heavy atom. The molecule has 44 heavy (non-hydrogen) atoms. The Hall–Kier alpha value is -2.61. The number of amides is 1. The van der Waals surface area contributed by atoms with Crippen LogP contribution in [0.15, 0.2) is 30.6 Å². The number of anilines is 1. The lowest BCUT2D eigenvalue weighted by molar-refractivity contribution is -0.130. The molecule has 1 aromatic carbocycles. The SMILES string of the molecule is O=C(Cc1ccc(OCCCC2CCN(c3ncc(Cl)cn3)CC2)cc1F)N1C[C@@H]2CCN(C[C@H](O)[C@H](O)[C@H](O)CO)[C@@H]2C1. The Bertz CT molecular complexity index is 1240. The average molecular weight is 636 g/mol. The predicted octanol–water partition coefficient (Wildman–Crippen LogP) is 1.49. The average Bonchev–Trinajstić information content (AvgIpc) is 3.62. The summed E-state index contributed by atoms with van der Waals surface area (Å²) in [6.45, 7) is 3.54. The highest BCUT2D eigenvalue weighted by atomic mass is 35.5. The van der Waals surface area contributed by atoms with Crippen molar-refractivity contribution in [1.29, 1.82) is 0 Å². The minimum atomic E-state index is -1.45. The smallest absolute Gasteiger partial charge is 0.227 e. The number of aliphatic hydroxyl groups excluding tert-OH is 4. The van der Waals surface area contributed by atoms with Crippen LogP contribution in [0, 0.1) is 17.7 Å². The van der Waals surface area contributed by atoms with E-state index in [0.29, 0.717) is 54.4 Å². The molecular formula is C31H43ClFN5O6. The zero-order valence-electron chi connectivity index (χ0n) is 24.8. The number of benzene rings is 1. The van der Waals surface area contributed by atoms with Gasteiger partial charge in [0, 0.05) is 44.8 Å². The molecule has 5 atom stereocenters. The molecule has 0 aliphatic carbocycles. The van der Waals surface area contributed by atoms with Gasteiger partial charge in [-0.1, -0.05) is 17.7 Å². The van der Waals surface area contributed by atoms with E-state index in [1.54, 1.807) is 29.4 Å². The number of nitrogens with zero attached hydrogens (tertiary/aromatic N) is 5. The molecule has 0 unspecified atom stereocenters. The highest BCUT2D eigenvalue weighted by Crippen LogP contribution is 2.32. The summed E-state index contributed by atoms with van der Waals surface area (Å²) < 4.78 is 20.8. The minimum absolute atomic E-state index is 0.0257. The highest BCUT2D eigenvalue weighted by Gasteiger charge is 2.43. The maximum absolute atomic E-state index is 14.9. The molecule has 2 aromatic rings. The van der Waals surface area contributed by atoms with Gasteiger partial charge in [0.2, 0.25) is 11.9 Å². The van der Waals surface area contributed by atoms with Crippen LogP contribution in [0.4, 0.5) is 10.3 Å². The first-order valence-electron chi connectivity index (χ1n) is 15.5. The lowest BCUT2D eigenvalue weighted by atomic mass is 9.92. The molecule has 5 rings (SSSR count). The van der Waals surface area contributed by atoms with Crippen LogP contribution in [0.3, 0.4) is 0 Å². The van der Waals surface area contributed by atoms with Gasteiger partial charge in [0.15, 0.2) is 0 Å². The van der Waals surface area contributed by atoms with E-state index in [9.17, 15) is 24.5 Å². The molecule has 4 N–H and O–H groups in total. The summed E-state index contributed by atoms with van der Waals surface area (Å²) in [6, 6.07) is 4.70. The Morgan fingerprint density at radius 1 is 1.07 bits per heavy atom. The summed E-state index contributed by atoms with van der Waals surface area (Å²) in [5.41, 5.74) is 0.323. The number of carbonyl (C=O) groups is 1. The molecule has 3 aliphatic rings. The van der Waals surface area contributed by atoms with Gasteiger partial charge in [-0.05, 0) is 62.1 Å². The fraction of sp³-hybridized carbons (Fsp3) is 0.645. The second-order valence-electron chi connectivity index (χ2n) is 12.3. The van der Waals surface area contributed by atoms with Crippen LogP contribution in [0.2, 0.25) is 5.02 Å². The zero-order valence-corrected chi connectivity index (χ0v) is 25.6. The van der Waals surface area contributed by atoms with Crippen molar-refractivity contribution in [2.24, 2.45) is 11.8 Å². The Kier molecular flexibility index (Phi) is 11.3. The molecule has 0 bridgehead atoms. The van der Waals surface area contributed by atoms with E-state index >= 15 is 0 Å². The molecule has 0 saturated carbocycles. The van der Waals surface area contributed by atoms with Crippen molar-refractivity contribution < 1.29 is 34.3 Å². The third-order valence-electron chi connectivity index (χ3n) is 9.31. The van der Waals surface area contributed by atoms with Gasteiger partial charge < -0.3 is 35.0 Å². The first-order valence-corrected chi connectivity index (χ1v) is 15.9. The maximum Gasteiger partial charge on any atom is 0.227 e. The van der Waals surface area contributed by atoms with Crippen LogP contribution in [-0.2, 0) is 11.2 Å². The second-order valence-corrected chi connectivity index (χ2v) is 12.7. The van der Waals surface area contributed by atoms with Crippen LogP contribution in [-0.4, -0.2) is 123 Å². The summed E-state index contributed by atoms with van der Waals surface area (Å²) in [6.07, 6.45) is 3.96. The number of piperidine rings is 1. The van der Waals surface area contributed by atoms with Crippen molar-refractivity contribution in [3.05, 3.63) is 47.0 Å². The standard InChI is InChI=1S/C31H43ClFN5O6/c32-23-14-34-31(35-15-23)36-8-5-20(6-9-36)2-1-11-44-24-4-3-21(25(33)13-24)12-29(42)38-16-22-7-10-37(26(22)17-38)18-27(40)30(43)28(41)19-39/h3-4,13-15,20,22,26-28,30,39-41,43H,1-2,5-12,16-19H2/t22-,26+,27-,28+,30-/m0/s1. The monoisotopic (exact) mass is 635 g/mol. The molecular weight excluding hydrogens is 593 g/mol. The molecule has 1 amide bonds. The fourth-order valence-corrected chi connectivity index (χ4v) is 6.78. The molecule has 13 heteroatoms. The Labute approximate surface area is 262 Å². The van der Waals surface area contributed by atoms with Gasteiger partial charge in [-0.25, -0.2) is 14.4 Å². The first kappa shape index (κ1) is 32.8. The number of carbonyl (C=O) groups excluding carboxylic acids is 1. The Balaban J connectivity index is 1.02. The van der Waals surface area contributed by atoms with Crippen LogP contribution in [0.1, 0.15) is 37.7 Å². The summed E-state index contributed by atoms with van der Waals surface area (Å²) in [4.78, 5) is 27.6. The number of likely N-dealkylation sites (tertiary alicyclic amines) is 2. The van der Waals surface area contributed by atoms with Crippen LogP contribution < -0.4 is 9.64 Å². The molecule has 3 fully saturated rings. The summed E-state index contributed by atoms with van der Waals surface area (Å²) in [5.74, 6) is 1.37. The summed E-state index contributed by atoms with van der Waals surface area (Å²) >= 11 is 5.88. The first-order chi connectivity index (χ1) is 21.2. The van der Waals surface area contributed by atoms with Crippen molar-refractivity contribution >= 4 is 23.5 Å². The minimum Gasteiger partial charge on any atom is -0.493 e. The van der Waals surface area contributed by atoms with E-state index in [0.717, 1.165) is 45.2 Å². The van der Waals surface area contributed by atoms with Gasteiger partial charge in [-0.15, -0.1) is 0 Å². The summed E-state index contributed by atoms with van der Waals surface area (Å²) in [5, 5.41) is 39.5. The largest absolute Gasteiger partial charge is 0.493 e. The molecule has 4 heterocycles. The van der Waals surface area contributed by atoms with Crippen molar-refractivity contribution in [2.75, 3.05) is 57.4 Å². The lowest BCUT2D eigenvalue weighted by Crippen LogP contribution is -2.48. The van der Waals surface area contributed by atoms with E-state index < -0.39 is 30.7 Å². The summed E-state index contributed by atoms with van der Waals surface area (Å²) in [7, 11) is 0. The second kappa shape index (κ2) is 15.1. The van der Waals surface area contributed by atoms with E-state index in [1.165, 1.54) is 6.07 Å². The lowest BCUT2D eigenvalue weighted by Gasteiger charge is -2.31. The van der Waals surface area contributed by atoms with Gasteiger partial charge in [-0.3, -0.25) is 9.69 Å². The number of hydrogen-bond acceptors (Lipinski definition) is 10. The van der Waals surface area contributed by atoms with E-state index in [2.05, 4.69) is 14.9 Å². The fourth-order valence-electron chi connectivity index (χ4n) is 6.68. The van der Waals surface area contributed by atoms with Crippen molar-refractivity contribution in [1.82, 2.24) is 19.8 Å². The maximum atomic E-state index is 14.9. The number of β-amino-alcohol motifs (C(OH)–C–C–N with tert-alkyl or cyclic N) is 1. The van der Waals surface area contributed by atoms with Crippen LogP contribution in [0.25, 0.3) is 0 Å². The van der Waals surface area contributed by atoms with Crippen molar-refractivity contribution in [3.63, 3.8) is 0 Å². The van der Waals surface area contributed by atoms with Crippen LogP contribution in [0.5, 0.6) is 5.75 Å². The Morgan fingerprint density at radius 2 is 1.82 bits per heavy atom. The number of aromatic nitrogens is 2. The van der Waals surface area contributed by atoms with E-state index in [1.807, 2.05) is 4.90 Å². The molecule has 242 valence electrons. The quantitative estimate of drug-likeness (QED) is 0.239. The zero-order chi connectivity index (χ0) is 31.2. The number of ether oxygens (including phenoxy) is 1. The number of hydrogen-bond donors (Lipinski definition) is 4. The molecule has 0 radical (unpaired) electrons.